The van der Waals surface area contributed by atoms with Crippen LogP contribution in [-0.2, 0) is 38.1 Å². The van der Waals surface area contributed by atoms with E-state index >= 15 is 0 Å². The minimum absolute atomic E-state index is 0.128. The van der Waals surface area contributed by atoms with Gasteiger partial charge in [-0.3, -0.25) is 14.4 Å². The first kappa shape index (κ1) is 29.6. The largest absolute Gasteiger partial charge is 0.463 e. The van der Waals surface area contributed by atoms with Gasteiger partial charge < -0.3 is 44.5 Å². The highest BCUT2D eigenvalue weighted by Gasteiger charge is 2.41. The Balaban J connectivity index is 2.46. The maximum Gasteiger partial charge on any atom is 0.407 e. The van der Waals surface area contributed by atoms with E-state index in [0.29, 0.717) is 32.4 Å². The molecule has 1 heterocycles. The third-order valence-electron chi connectivity index (χ3n) is 4.69. The molecule has 0 aromatic heterocycles. The third-order valence-corrected chi connectivity index (χ3v) is 4.69. The normalized spacial score (nSPS) is 22.9. The number of carbonyl (C=O) groups excluding carboxylic acids is 4. The number of esters is 2. The van der Waals surface area contributed by atoms with Crippen LogP contribution in [0, 0.1) is 0 Å². The fourth-order valence-electron chi connectivity index (χ4n) is 3.16. The highest BCUT2D eigenvalue weighted by molar-refractivity contribution is 5.73. The summed E-state index contributed by atoms with van der Waals surface area (Å²) in [6.45, 7) is 3.61. The molecule has 0 unspecified atom stereocenters. The number of aliphatic hydroxyl groups is 2. The zero-order valence-corrected chi connectivity index (χ0v) is 19.8. The summed E-state index contributed by atoms with van der Waals surface area (Å²) in [5.74, 6) is -1.33. The highest BCUT2D eigenvalue weighted by Crippen LogP contribution is 2.25. The lowest BCUT2D eigenvalue weighted by atomic mass is 10.00. The summed E-state index contributed by atoms with van der Waals surface area (Å²) in [5, 5.41) is 23.1. The predicted octanol–water partition coefficient (Wildman–Crippen LogP) is -0.633. The number of ether oxygens (including phenoxy) is 5. The molecule has 0 aromatic carbocycles. The standard InChI is InChI=1S/C21H36N2O11/c1-13(25)23-17-9-18(33-15(3)27)19(12-31-14(2)26)34-20(17)30-8-6-4-5-7-22-21(29)32-11-16(28)10-24/h16-20,24,28H,4-12H2,1-3H3,(H,22,29)(H,23,25)/t16-,17-,18-,19-,20-/m1/s1. The van der Waals surface area contributed by atoms with E-state index in [-0.39, 0.29) is 25.5 Å². The first-order chi connectivity index (χ1) is 16.1. The van der Waals surface area contributed by atoms with Crippen LogP contribution in [0.1, 0.15) is 46.5 Å². The number of amides is 2. The number of hydrogen-bond donors (Lipinski definition) is 4. The average molecular weight is 493 g/mol. The Morgan fingerprint density at radius 2 is 1.79 bits per heavy atom. The number of hydrogen-bond acceptors (Lipinski definition) is 11. The lowest BCUT2D eigenvalue weighted by molar-refractivity contribution is -0.248. The number of aliphatic hydroxyl groups excluding tert-OH is 2. The average Bonchev–Trinajstić information content (AvgIpc) is 2.76. The summed E-state index contributed by atoms with van der Waals surface area (Å²) in [5.41, 5.74) is 0. The first-order valence-electron chi connectivity index (χ1n) is 11.2. The number of nitrogens with one attached hydrogen (secondary N) is 2. The molecule has 13 nitrogen and oxygen atoms in total. The van der Waals surface area contributed by atoms with Gasteiger partial charge in [0.15, 0.2) is 6.29 Å². The molecule has 1 aliphatic rings. The molecule has 0 spiro atoms. The highest BCUT2D eigenvalue weighted by atomic mass is 16.7. The van der Waals surface area contributed by atoms with Crippen LogP contribution in [0.25, 0.3) is 0 Å². The third kappa shape index (κ3) is 12.7. The summed E-state index contributed by atoms with van der Waals surface area (Å²) in [6, 6.07) is -0.568. The van der Waals surface area contributed by atoms with Crippen molar-refractivity contribution >= 4 is 23.9 Å². The van der Waals surface area contributed by atoms with E-state index < -0.39 is 55.3 Å². The van der Waals surface area contributed by atoms with E-state index in [2.05, 4.69) is 10.6 Å². The summed E-state index contributed by atoms with van der Waals surface area (Å²) >= 11 is 0. The summed E-state index contributed by atoms with van der Waals surface area (Å²) in [6.07, 6.45) is -1.87. The zero-order chi connectivity index (χ0) is 25.5. The van der Waals surface area contributed by atoms with Crippen LogP contribution in [0.3, 0.4) is 0 Å². The Bertz CT molecular complexity index is 661. The van der Waals surface area contributed by atoms with Crippen molar-refractivity contribution < 1.29 is 53.1 Å². The Hall–Kier alpha value is -2.48. The molecule has 0 radical (unpaired) electrons. The molecule has 13 heteroatoms. The van der Waals surface area contributed by atoms with Crippen LogP contribution in [0.4, 0.5) is 4.79 Å². The van der Waals surface area contributed by atoms with E-state index in [4.69, 9.17) is 33.9 Å². The lowest BCUT2D eigenvalue weighted by Crippen LogP contribution is -2.57. The molecule has 4 N–H and O–H groups in total. The number of alkyl carbamates (subject to hydrolysis) is 1. The van der Waals surface area contributed by atoms with Gasteiger partial charge in [-0.2, -0.15) is 0 Å². The number of unbranched alkanes of at least 4 members (excludes halogenated alkanes) is 2. The Morgan fingerprint density at radius 3 is 2.41 bits per heavy atom. The van der Waals surface area contributed by atoms with E-state index in [9.17, 15) is 19.2 Å². The molecular weight excluding hydrogens is 456 g/mol. The minimum Gasteiger partial charge on any atom is -0.463 e. The maximum atomic E-state index is 11.6. The van der Waals surface area contributed by atoms with Crippen LogP contribution < -0.4 is 10.6 Å². The molecule has 1 rings (SSSR count). The molecule has 0 bridgehead atoms. The smallest absolute Gasteiger partial charge is 0.407 e. The Labute approximate surface area is 198 Å². The molecular formula is C21H36N2O11. The summed E-state index contributed by atoms with van der Waals surface area (Å²) in [4.78, 5) is 45.7. The second kappa shape index (κ2) is 16.2. The van der Waals surface area contributed by atoms with Crippen molar-refractivity contribution in [2.75, 3.05) is 33.0 Å². The second-order valence-corrected chi connectivity index (χ2v) is 7.83. The fraction of sp³-hybridized carbons (Fsp3) is 0.810. The van der Waals surface area contributed by atoms with Gasteiger partial charge in [-0.25, -0.2) is 4.79 Å². The number of carbonyl (C=O) groups is 4. The minimum atomic E-state index is -1.11. The Morgan fingerprint density at radius 1 is 1.06 bits per heavy atom. The van der Waals surface area contributed by atoms with Crippen molar-refractivity contribution in [2.24, 2.45) is 0 Å². The van der Waals surface area contributed by atoms with Gasteiger partial charge in [0.05, 0.1) is 12.6 Å². The molecule has 1 fully saturated rings. The van der Waals surface area contributed by atoms with Gasteiger partial charge in [-0.15, -0.1) is 0 Å². The molecule has 1 aliphatic heterocycles. The predicted molar refractivity (Wildman–Crippen MR) is 115 cm³/mol. The summed E-state index contributed by atoms with van der Waals surface area (Å²) < 4.78 is 26.7. The molecule has 0 saturated carbocycles. The van der Waals surface area contributed by atoms with Gasteiger partial charge in [0, 0.05) is 40.3 Å². The topological polar surface area (TPSA) is 179 Å². The van der Waals surface area contributed by atoms with Gasteiger partial charge in [0.25, 0.3) is 0 Å². The SMILES string of the molecule is CC(=O)N[C@@H]1C[C@@H](OC(C)=O)[C@@H](COC(C)=O)O[C@H]1OCCCCCNC(=O)OC[C@H](O)CO. The van der Waals surface area contributed by atoms with Crippen molar-refractivity contribution in [2.45, 2.75) is 77.1 Å². The van der Waals surface area contributed by atoms with Crippen molar-refractivity contribution in [1.82, 2.24) is 10.6 Å². The monoisotopic (exact) mass is 492 g/mol. The number of rotatable bonds is 14. The first-order valence-corrected chi connectivity index (χ1v) is 11.2. The van der Waals surface area contributed by atoms with Gasteiger partial charge >= 0.3 is 18.0 Å². The van der Waals surface area contributed by atoms with Crippen LogP contribution >= 0.6 is 0 Å². The maximum absolute atomic E-state index is 11.6. The molecule has 196 valence electrons. The van der Waals surface area contributed by atoms with E-state index in [1.807, 2.05) is 0 Å². The fourth-order valence-corrected chi connectivity index (χ4v) is 3.16. The van der Waals surface area contributed by atoms with Crippen molar-refractivity contribution in [3.8, 4) is 0 Å². The second-order valence-electron chi connectivity index (χ2n) is 7.83. The van der Waals surface area contributed by atoms with Gasteiger partial charge in [-0.1, -0.05) is 0 Å². The van der Waals surface area contributed by atoms with Gasteiger partial charge in [0.1, 0.15) is 31.5 Å². The molecule has 0 aromatic rings. The van der Waals surface area contributed by atoms with Crippen molar-refractivity contribution in [3.05, 3.63) is 0 Å². The molecule has 1 saturated heterocycles. The van der Waals surface area contributed by atoms with Crippen LogP contribution in [-0.4, -0.2) is 97.8 Å². The van der Waals surface area contributed by atoms with Crippen LogP contribution in [0.5, 0.6) is 0 Å². The zero-order valence-electron chi connectivity index (χ0n) is 19.8. The molecule has 34 heavy (non-hydrogen) atoms. The van der Waals surface area contributed by atoms with Gasteiger partial charge in [-0.05, 0) is 19.3 Å². The molecule has 0 aliphatic carbocycles. The van der Waals surface area contributed by atoms with Crippen LogP contribution in [0.15, 0.2) is 0 Å². The van der Waals surface area contributed by atoms with E-state index in [1.165, 1.54) is 20.8 Å². The Kier molecular flexibility index (Phi) is 14.1. The van der Waals surface area contributed by atoms with Crippen molar-refractivity contribution in [1.29, 1.82) is 0 Å². The summed E-state index contributed by atoms with van der Waals surface area (Å²) in [7, 11) is 0. The lowest BCUT2D eigenvalue weighted by Gasteiger charge is -2.40. The van der Waals surface area contributed by atoms with Crippen LogP contribution in [0.2, 0.25) is 0 Å². The van der Waals surface area contributed by atoms with E-state index in [1.54, 1.807) is 0 Å². The molecule has 2 amide bonds. The quantitative estimate of drug-likeness (QED) is 0.138. The van der Waals surface area contributed by atoms with Gasteiger partial charge in [0.2, 0.25) is 5.91 Å². The molecule has 5 atom stereocenters. The van der Waals surface area contributed by atoms with Crippen molar-refractivity contribution in [3.63, 3.8) is 0 Å². The van der Waals surface area contributed by atoms with E-state index in [0.717, 1.165) is 0 Å².